The van der Waals surface area contributed by atoms with Gasteiger partial charge in [0.15, 0.2) is 5.60 Å². The molecular formula is C26H50O8. The third-order valence-electron chi connectivity index (χ3n) is 7.78. The van der Waals surface area contributed by atoms with Crippen molar-refractivity contribution < 1.29 is 38.7 Å². The zero-order valence-corrected chi connectivity index (χ0v) is 23.7. The Bertz CT molecular complexity index is 689. The van der Waals surface area contributed by atoms with Crippen LogP contribution in [0.1, 0.15) is 90.0 Å². The summed E-state index contributed by atoms with van der Waals surface area (Å²) in [6, 6.07) is 0. The van der Waals surface area contributed by atoms with Crippen LogP contribution in [0.5, 0.6) is 0 Å². The van der Waals surface area contributed by atoms with Crippen molar-refractivity contribution >= 4 is 11.9 Å². The monoisotopic (exact) mass is 490 g/mol. The zero-order valence-electron chi connectivity index (χ0n) is 23.7. The van der Waals surface area contributed by atoms with Crippen LogP contribution in [-0.4, -0.2) is 71.0 Å². The Morgan fingerprint density at radius 3 is 1.65 bits per heavy atom. The normalized spacial score (nSPS) is 15.3. The van der Waals surface area contributed by atoms with Crippen molar-refractivity contribution in [3.63, 3.8) is 0 Å². The van der Waals surface area contributed by atoms with Crippen LogP contribution in [0.15, 0.2) is 0 Å². The van der Waals surface area contributed by atoms with E-state index in [1.54, 1.807) is 13.8 Å². The standard InChI is InChI=1S/C26H50O8/c1-18(14-32-25(10,11)21(2,3)16-33-24(8,9)20(29)30)23(6,7)26(12,13)34-17-22(4,5)31-15-19(27)28/h18H,14-17H2,1-13H3,(H,27,28)(H,29,30). The minimum absolute atomic E-state index is 0.108. The molecule has 0 saturated carbocycles. The second-order valence-corrected chi connectivity index (χ2v) is 12.7. The van der Waals surface area contributed by atoms with Crippen LogP contribution in [0.2, 0.25) is 0 Å². The first kappa shape index (κ1) is 32.8. The van der Waals surface area contributed by atoms with Crippen molar-refractivity contribution in [3.05, 3.63) is 0 Å². The Balaban J connectivity index is 5.18. The van der Waals surface area contributed by atoms with Gasteiger partial charge < -0.3 is 29.2 Å². The highest BCUT2D eigenvalue weighted by Gasteiger charge is 2.46. The number of carboxylic acid groups (broad SMARTS) is 2. The largest absolute Gasteiger partial charge is 0.480 e. The average Bonchev–Trinajstić information content (AvgIpc) is 2.67. The van der Waals surface area contributed by atoms with E-state index in [2.05, 4.69) is 20.8 Å². The van der Waals surface area contributed by atoms with Gasteiger partial charge >= 0.3 is 11.9 Å². The quantitative estimate of drug-likeness (QED) is 0.310. The number of aliphatic carboxylic acids is 2. The first-order chi connectivity index (χ1) is 14.9. The molecule has 0 rings (SSSR count). The van der Waals surface area contributed by atoms with Gasteiger partial charge in [-0.05, 0) is 66.7 Å². The number of hydrogen-bond donors (Lipinski definition) is 2. The Morgan fingerprint density at radius 1 is 0.706 bits per heavy atom. The summed E-state index contributed by atoms with van der Waals surface area (Å²) in [6.07, 6.45) is 0. The van der Waals surface area contributed by atoms with E-state index in [0.717, 1.165) is 0 Å². The van der Waals surface area contributed by atoms with Gasteiger partial charge in [-0.3, -0.25) is 0 Å². The lowest BCUT2D eigenvalue weighted by Gasteiger charge is -2.48. The summed E-state index contributed by atoms with van der Waals surface area (Å²) in [6.45, 7) is 25.7. The maximum atomic E-state index is 11.4. The molecule has 0 aromatic rings. The molecule has 0 bridgehead atoms. The summed E-state index contributed by atoms with van der Waals surface area (Å²) in [5, 5.41) is 18.2. The van der Waals surface area contributed by atoms with Crippen molar-refractivity contribution in [2.45, 2.75) is 112 Å². The van der Waals surface area contributed by atoms with Crippen LogP contribution >= 0.6 is 0 Å². The van der Waals surface area contributed by atoms with Crippen LogP contribution in [0, 0.1) is 16.7 Å². The van der Waals surface area contributed by atoms with E-state index in [4.69, 9.17) is 24.1 Å². The molecule has 8 nitrogen and oxygen atoms in total. The SMILES string of the molecule is CC(COC(C)(C)C(C)(C)COC(C)(C)C(=O)O)C(C)(C)C(C)(C)OCC(C)(C)OCC(=O)O. The fourth-order valence-corrected chi connectivity index (χ4v) is 2.77. The number of hydrogen-bond acceptors (Lipinski definition) is 6. The molecule has 0 spiro atoms. The van der Waals surface area contributed by atoms with Crippen molar-refractivity contribution in [2.75, 3.05) is 26.4 Å². The topological polar surface area (TPSA) is 112 Å². The fourth-order valence-electron chi connectivity index (χ4n) is 2.77. The highest BCUT2D eigenvalue weighted by molar-refractivity contribution is 5.76. The Morgan fingerprint density at radius 2 is 1.21 bits per heavy atom. The average molecular weight is 491 g/mol. The smallest absolute Gasteiger partial charge is 0.335 e. The molecule has 34 heavy (non-hydrogen) atoms. The fraction of sp³-hybridized carbons (Fsp3) is 0.923. The minimum atomic E-state index is -1.27. The van der Waals surface area contributed by atoms with Crippen molar-refractivity contribution in [1.29, 1.82) is 0 Å². The van der Waals surface area contributed by atoms with Crippen LogP contribution in [0.25, 0.3) is 0 Å². The van der Waals surface area contributed by atoms with Crippen molar-refractivity contribution in [3.8, 4) is 0 Å². The summed E-state index contributed by atoms with van der Waals surface area (Å²) in [7, 11) is 0. The highest BCUT2D eigenvalue weighted by atomic mass is 16.6. The molecule has 1 unspecified atom stereocenters. The molecule has 0 saturated heterocycles. The maximum absolute atomic E-state index is 11.4. The molecule has 202 valence electrons. The second-order valence-electron chi connectivity index (χ2n) is 12.7. The van der Waals surface area contributed by atoms with Gasteiger partial charge in [-0.2, -0.15) is 0 Å². The summed E-state index contributed by atoms with van der Waals surface area (Å²) in [5.41, 5.74) is -3.87. The first-order valence-electron chi connectivity index (χ1n) is 11.9. The van der Waals surface area contributed by atoms with Crippen molar-refractivity contribution in [1.82, 2.24) is 0 Å². The predicted octanol–water partition coefficient (Wildman–Crippen LogP) is 5.02. The van der Waals surface area contributed by atoms with Gasteiger partial charge in [-0.1, -0.05) is 34.6 Å². The van der Waals surface area contributed by atoms with E-state index in [-0.39, 0.29) is 31.2 Å². The third-order valence-corrected chi connectivity index (χ3v) is 7.78. The molecule has 0 aliphatic carbocycles. The molecule has 0 aromatic heterocycles. The molecule has 0 heterocycles. The van der Waals surface area contributed by atoms with E-state index >= 15 is 0 Å². The number of ether oxygens (including phenoxy) is 4. The van der Waals surface area contributed by atoms with Gasteiger partial charge in [0.1, 0.15) is 6.61 Å². The predicted molar refractivity (Wildman–Crippen MR) is 132 cm³/mol. The first-order valence-corrected chi connectivity index (χ1v) is 11.9. The number of carbonyl (C=O) groups is 2. The molecular weight excluding hydrogens is 440 g/mol. The third kappa shape index (κ3) is 9.10. The molecule has 0 amide bonds. The molecule has 0 radical (unpaired) electrons. The summed E-state index contributed by atoms with van der Waals surface area (Å²) >= 11 is 0. The highest BCUT2D eigenvalue weighted by Crippen LogP contribution is 2.43. The molecule has 0 aromatic carbocycles. The van der Waals surface area contributed by atoms with E-state index in [9.17, 15) is 14.7 Å². The number of carboxylic acids is 2. The van der Waals surface area contributed by atoms with E-state index in [1.807, 2.05) is 55.4 Å². The lowest BCUT2D eigenvalue weighted by atomic mass is 9.68. The van der Waals surface area contributed by atoms with E-state index < -0.39 is 39.8 Å². The van der Waals surface area contributed by atoms with Gasteiger partial charge in [-0.25, -0.2) is 9.59 Å². The second kappa shape index (κ2) is 11.2. The summed E-state index contributed by atoms with van der Waals surface area (Å²) in [4.78, 5) is 22.2. The lowest BCUT2D eigenvalue weighted by Crippen LogP contribution is -2.52. The van der Waals surface area contributed by atoms with E-state index in [1.165, 1.54) is 0 Å². The Kier molecular flexibility index (Phi) is 10.8. The van der Waals surface area contributed by atoms with Crippen LogP contribution in [-0.2, 0) is 28.5 Å². The van der Waals surface area contributed by atoms with Gasteiger partial charge in [0.05, 0.1) is 36.6 Å². The summed E-state index contributed by atoms with van der Waals surface area (Å²) in [5.74, 6) is -1.91. The minimum Gasteiger partial charge on any atom is -0.480 e. The van der Waals surface area contributed by atoms with Gasteiger partial charge in [0.25, 0.3) is 0 Å². The maximum Gasteiger partial charge on any atom is 0.335 e. The number of rotatable bonds is 16. The van der Waals surface area contributed by atoms with Gasteiger partial charge in [0.2, 0.25) is 0 Å². The molecule has 1 atom stereocenters. The Labute approximate surface area is 206 Å². The zero-order chi connectivity index (χ0) is 27.4. The van der Waals surface area contributed by atoms with Crippen molar-refractivity contribution in [2.24, 2.45) is 16.7 Å². The molecule has 8 heteroatoms. The molecule has 0 aliphatic rings. The van der Waals surface area contributed by atoms with Gasteiger partial charge in [0, 0.05) is 5.41 Å². The van der Waals surface area contributed by atoms with Crippen LogP contribution < -0.4 is 0 Å². The van der Waals surface area contributed by atoms with Crippen LogP contribution in [0.3, 0.4) is 0 Å². The molecule has 0 aliphatic heterocycles. The van der Waals surface area contributed by atoms with E-state index in [0.29, 0.717) is 6.61 Å². The lowest BCUT2D eigenvalue weighted by molar-refractivity contribution is -0.194. The molecule has 2 N–H and O–H groups in total. The molecule has 0 fully saturated rings. The summed E-state index contributed by atoms with van der Waals surface area (Å²) < 4.78 is 23.8. The van der Waals surface area contributed by atoms with Gasteiger partial charge in [-0.15, -0.1) is 0 Å². The Hall–Kier alpha value is -1.22. The van der Waals surface area contributed by atoms with Crippen LogP contribution in [0.4, 0.5) is 0 Å².